The molecular weight excluding hydrogens is 184 g/mol. The summed E-state index contributed by atoms with van der Waals surface area (Å²) >= 11 is 0. The zero-order valence-electron chi connectivity index (χ0n) is 6.62. The van der Waals surface area contributed by atoms with Crippen LogP contribution in [0.25, 0.3) is 0 Å². The second-order valence-corrected chi connectivity index (χ2v) is 3.94. The maximum absolute atomic E-state index is 10.8. The molecule has 0 spiro atoms. The van der Waals surface area contributed by atoms with E-state index >= 15 is 0 Å². The van der Waals surface area contributed by atoms with Crippen molar-refractivity contribution < 1.29 is 18.0 Å². The SMILES string of the molecule is C[C](C(N)=O)C(=O)NS(C)(=O)=O. The van der Waals surface area contributed by atoms with E-state index in [9.17, 15) is 18.0 Å². The second-order valence-electron chi connectivity index (χ2n) is 2.19. The molecule has 0 fully saturated rings. The van der Waals surface area contributed by atoms with Crippen molar-refractivity contribution in [2.24, 2.45) is 5.73 Å². The fourth-order valence-electron chi connectivity index (χ4n) is 0.357. The van der Waals surface area contributed by atoms with Crippen molar-refractivity contribution in [1.82, 2.24) is 4.72 Å². The molecular formula is C5H9N2O4S. The van der Waals surface area contributed by atoms with Crippen LogP contribution in [0.3, 0.4) is 0 Å². The first-order valence-corrected chi connectivity index (χ1v) is 4.78. The predicted octanol–water partition coefficient (Wildman–Crippen LogP) is -1.86. The van der Waals surface area contributed by atoms with Crippen LogP contribution in [0.5, 0.6) is 0 Å². The Hall–Kier alpha value is -1.11. The molecule has 0 aromatic rings. The monoisotopic (exact) mass is 193 g/mol. The van der Waals surface area contributed by atoms with Crippen LogP contribution in [0.4, 0.5) is 0 Å². The van der Waals surface area contributed by atoms with Gasteiger partial charge in [0.15, 0.2) is 0 Å². The van der Waals surface area contributed by atoms with Crippen molar-refractivity contribution in [3.05, 3.63) is 5.92 Å². The third kappa shape index (κ3) is 3.91. The number of sulfonamides is 1. The Labute approximate surface area is 70.2 Å². The van der Waals surface area contributed by atoms with Gasteiger partial charge in [-0.2, -0.15) is 0 Å². The van der Waals surface area contributed by atoms with Gasteiger partial charge in [-0.05, 0) is 6.92 Å². The average Bonchev–Trinajstić information content (AvgIpc) is 1.82. The zero-order chi connectivity index (χ0) is 9.94. The topological polar surface area (TPSA) is 106 Å². The minimum atomic E-state index is -3.63. The Morgan fingerprint density at radius 3 is 2.00 bits per heavy atom. The van der Waals surface area contributed by atoms with Gasteiger partial charge >= 0.3 is 0 Å². The van der Waals surface area contributed by atoms with Crippen molar-refractivity contribution >= 4 is 21.8 Å². The molecule has 0 atom stereocenters. The molecule has 0 rings (SSSR count). The van der Waals surface area contributed by atoms with E-state index in [1.807, 2.05) is 0 Å². The molecule has 6 nitrogen and oxygen atoms in total. The van der Waals surface area contributed by atoms with Crippen LogP contribution in [-0.4, -0.2) is 26.5 Å². The van der Waals surface area contributed by atoms with Gasteiger partial charge in [0.1, 0.15) is 5.92 Å². The van der Waals surface area contributed by atoms with Gasteiger partial charge in [-0.15, -0.1) is 0 Å². The van der Waals surface area contributed by atoms with Gasteiger partial charge in [0.2, 0.25) is 21.8 Å². The molecule has 0 unspecified atom stereocenters. The van der Waals surface area contributed by atoms with E-state index in [1.165, 1.54) is 0 Å². The summed E-state index contributed by atoms with van der Waals surface area (Å²) in [6.45, 7) is 1.14. The summed E-state index contributed by atoms with van der Waals surface area (Å²) in [7, 11) is -3.63. The van der Waals surface area contributed by atoms with Crippen LogP contribution in [0, 0.1) is 5.92 Å². The number of amides is 2. The minimum Gasteiger partial charge on any atom is -0.369 e. The number of carbonyl (C=O) groups is 2. The van der Waals surface area contributed by atoms with Crippen molar-refractivity contribution in [3.63, 3.8) is 0 Å². The molecule has 2 amide bonds. The van der Waals surface area contributed by atoms with Gasteiger partial charge in [0, 0.05) is 0 Å². The predicted molar refractivity (Wildman–Crippen MR) is 41.1 cm³/mol. The maximum Gasteiger partial charge on any atom is 0.250 e. The van der Waals surface area contributed by atoms with E-state index in [1.54, 1.807) is 4.72 Å². The maximum atomic E-state index is 10.8. The highest BCUT2D eigenvalue weighted by molar-refractivity contribution is 7.89. The molecule has 0 aliphatic rings. The highest BCUT2D eigenvalue weighted by Gasteiger charge is 2.22. The molecule has 0 heterocycles. The molecule has 0 aliphatic heterocycles. The molecule has 0 aromatic heterocycles. The van der Waals surface area contributed by atoms with E-state index in [2.05, 4.69) is 0 Å². The normalized spacial score (nSPS) is 11.2. The van der Waals surface area contributed by atoms with Crippen LogP contribution in [-0.2, 0) is 19.6 Å². The summed E-state index contributed by atoms with van der Waals surface area (Å²) < 4.78 is 22.5. The van der Waals surface area contributed by atoms with Crippen LogP contribution in [0.15, 0.2) is 0 Å². The lowest BCUT2D eigenvalue weighted by Crippen LogP contribution is -2.38. The summed E-state index contributed by atoms with van der Waals surface area (Å²) in [6, 6.07) is 0. The lowest BCUT2D eigenvalue weighted by Gasteiger charge is -2.05. The van der Waals surface area contributed by atoms with Gasteiger partial charge in [-0.3, -0.25) is 14.3 Å². The van der Waals surface area contributed by atoms with Crippen molar-refractivity contribution in [2.45, 2.75) is 6.92 Å². The fraction of sp³-hybridized carbons (Fsp3) is 0.400. The van der Waals surface area contributed by atoms with Gasteiger partial charge in [-0.25, -0.2) is 8.42 Å². The van der Waals surface area contributed by atoms with Crippen LogP contribution in [0.1, 0.15) is 6.92 Å². The molecule has 0 saturated carbocycles. The summed E-state index contributed by atoms with van der Waals surface area (Å²) in [5.74, 6) is -2.29. The first-order valence-electron chi connectivity index (χ1n) is 2.89. The van der Waals surface area contributed by atoms with E-state index < -0.39 is 21.8 Å². The largest absolute Gasteiger partial charge is 0.369 e. The van der Waals surface area contributed by atoms with E-state index in [0.29, 0.717) is 0 Å². The minimum absolute atomic E-state index is 0.347. The van der Waals surface area contributed by atoms with Gasteiger partial charge in [-0.1, -0.05) is 0 Å². The Kier molecular flexibility index (Phi) is 3.20. The lowest BCUT2D eigenvalue weighted by molar-refractivity contribution is -0.123. The van der Waals surface area contributed by atoms with E-state index in [0.717, 1.165) is 13.2 Å². The lowest BCUT2D eigenvalue weighted by atomic mass is 10.2. The number of nitrogens with one attached hydrogen (secondary N) is 1. The first-order chi connectivity index (χ1) is 5.24. The van der Waals surface area contributed by atoms with Crippen molar-refractivity contribution in [2.75, 3.05) is 6.26 Å². The third-order valence-electron chi connectivity index (χ3n) is 0.988. The smallest absolute Gasteiger partial charge is 0.250 e. The first kappa shape index (κ1) is 10.9. The molecule has 1 radical (unpaired) electrons. The number of nitrogens with two attached hydrogens (primary N) is 1. The van der Waals surface area contributed by atoms with Gasteiger partial charge in [0.05, 0.1) is 6.26 Å². The molecule has 0 bridgehead atoms. The molecule has 0 saturated heterocycles. The number of hydrogen-bond donors (Lipinski definition) is 2. The summed E-state index contributed by atoms with van der Waals surface area (Å²) in [6.07, 6.45) is 0.805. The van der Waals surface area contributed by atoms with E-state index in [4.69, 9.17) is 5.73 Å². The number of hydrogen-bond acceptors (Lipinski definition) is 4. The standard InChI is InChI=1S/C5H9N2O4S/c1-3(4(6)8)5(9)7-12(2,10)11/h1-2H3,(H2,6,8)(H,7,9). The van der Waals surface area contributed by atoms with Crippen LogP contribution >= 0.6 is 0 Å². The quantitative estimate of drug-likeness (QED) is 0.512. The summed E-state index contributed by atoms with van der Waals surface area (Å²) in [5, 5.41) is 0. The summed E-state index contributed by atoms with van der Waals surface area (Å²) in [4.78, 5) is 21.1. The van der Waals surface area contributed by atoms with Crippen LogP contribution < -0.4 is 10.5 Å². The third-order valence-corrected chi connectivity index (χ3v) is 1.54. The van der Waals surface area contributed by atoms with Gasteiger partial charge < -0.3 is 5.73 Å². The Morgan fingerprint density at radius 1 is 1.33 bits per heavy atom. The molecule has 0 aromatic carbocycles. The van der Waals surface area contributed by atoms with E-state index in [-0.39, 0.29) is 5.92 Å². The fourth-order valence-corrected chi connectivity index (χ4v) is 0.847. The van der Waals surface area contributed by atoms with Crippen molar-refractivity contribution in [3.8, 4) is 0 Å². The van der Waals surface area contributed by atoms with Crippen molar-refractivity contribution in [1.29, 1.82) is 0 Å². The van der Waals surface area contributed by atoms with Gasteiger partial charge in [0.25, 0.3) is 0 Å². The number of primary amides is 1. The zero-order valence-corrected chi connectivity index (χ0v) is 7.44. The Morgan fingerprint density at radius 2 is 1.75 bits per heavy atom. The number of rotatable bonds is 3. The highest BCUT2D eigenvalue weighted by atomic mass is 32.2. The number of carbonyl (C=O) groups excluding carboxylic acids is 2. The average molecular weight is 193 g/mol. The second kappa shape index (κ2) is 3.53. The highest BCUT2D eigenvalue weighted by Crippen LogP contribution is 1.96. The summed E-state index contributed by atoms with van der Waals surface area (Å²) in [5.41, 5.74) is 4.72. The Balaban J connectivity index is 4.35. The molecule has 3 N–H and O–H groups in total. The molecule has 7 heteroatoms. The molecule has 0 aliphatic carbocycles. The Bertz CT molecular complexity index is 295. The molecule has 69 valence electrons. The van der Waals surface area contributed by atoms with Crippen LogP contribution in [0.2, 0.25) is 0 Å². The molecule has 12 heavy (non-hydrogen) atoms.